The van der Waals surface area contributed by atoms with E-state index in [1.54, 1.807) is 17.9 Å². The van der Waals surface area contributed by atoms with Crippen LogP contribution in [-0.2, 0) is 14.3 Å². The van der Waals surface area contributed by atoms with Crippen molar-refractivity contribution < 1.29 is 24.2 Å². The number of carbonyl (C=O) groups is 3. The first-order valence-corrected chi connectivity index (χ1v) is 11.8. The first-order valence-electron chi connectivity index (χ1n) is 11.8. The highest BCUT2D eigenvalue weighted by Crippen LogP contribution is 2.44. The van der Waals surface area contributed by atoms with Crippen LogP contribution >= 0.6 is 0 Å². The largest absolute Gasteiger partial charge is 0.481 e. The highest BCUT2D eigenvalue weighted by Gasteiger charge is 2.51. The van der Waals surface area contributed by atoms with Gasteiger partial charge in [-0.3, -0.25) is 9.59 Å². The Hall–Kier alpha value is -3.61. The number of fused-ring (bicyclic) bond motifs is 5. The zero-order valence-corrected chi connectivity index (χ0v) is 19.1. The number of rotatable bonds is 6. The molecule has 3 atom stereocenters. The maximum Gasteiger partial charge on any atom is 0.407 e. The highest BCUT2D eigenvalue weighted by molar-refractivity contribution is 5.94. The number of carboxylic acids is 1. The van der Waals surface area contributed by atoms with Crippen LogP contribution in [0.1, 0.15) is 43.2 Å². The molecule has 7 nitrogen and oxygen atoms in total. The number of alkyl carbamates (subject to hydrolysis) is 1. The summed E-state index contributed by atoms with van der Waals surface area (Å²) in [6, 6.07) is 16.1. The summed E-state index contributed by atoms with van der Waals surface area (Å²) in [4.78, 5) is 38.4. The summed E-state index contributed by atoms with van der Waals surface area (Å²) in [5.41, 5.74) is 5.15. The summed E-state index contributed by atoms with van der Waals surface area (Å²) < 4.78 is 5.53. The van der Waals surface area contributed by atoms with Crippen molar-refractivity contribution in [3.05, 3.63) is 71.3 Å². The van der Waals surface area contributed by atoms with Crippen LogP contribution in [0.15, 0.2) is 60.2 Å². The third kappa shape index (κ3) is 3.85. The van der Waals surface area contributed by atoms with Gasteiger partial charge in [0.25, 0.3) is 0 Å². The van der Waals surface area contributed by atoms with Gasteiger partial charge in [0.1, 0.15) is 6.61 Å². The number of nitrogens with one attached hydrogen (secondary N) is 1. The number of aliphatic carboxylic acids is 1. The van der Waals surface area contributed by atoms with E-state index in [0.29, 0.717) is 12.0 Å². The SMILES string of the molecule is C/C(=C\CNC(=O)OCC1c2ccccc2-c2ccccc21)C(=O)N1[C@@H]2CC[C@H]1[C@@H](C(=O)O)C2. The number of hydrogen-bond donors (Lipinski definition) is 2. The third-order valence-corrected chi connectivity index (χ3v) is 7.42. The lowest BCUT2D eigenvalue weighted by Gasteiger charge is -2.23. The minimum absolute atomic E-state index is 0.00274. The molecule has 0 aromatic heterocycles. The Morgan fingerprint density at radius 2 is 1.71 bits per heavy atom. The average molecular weight is 461 g/mol. The minimum atomic E-state index is -0.830. The van der Waals surface area contributed by atoms with Gasteiger partial charge in [-0.1, -0.05) is 54.6 Å². The first-order chi connectivity index (χ1) is 16.5. The molecule has 34 heavy (non-hydrogen) atoms. The molecule has 2 aromatic rings. The zero-order valence-electron chi connectivity index (χ0n) is 19.1. The molecule has 2 bridgehead atoms. The van der Waals surface area contributed by atoms with Gasteiger partial charge in [0.15, 0.2) is 0 Å². The van der Waals surface area contributed by atoms with Crippen LogP contribution in [0.2, 0.25) is 0 Å². The number of carbonyl (C=O) groups excluding carboxylic acids is 2. The number of hydrogen-bond acceptors (Lipinski definition) is 4. The van der Waals surface area contributed by atoms with Crippen molar-refractivity contribution in [2.45, 2.75) is 44.2 Å². The molecule has 2 amide bonds. The second-order valence-corrected chi connectivity index (χ2v) is 9.28. The smallest absolute Gasteiger partial charge is 0.407 e. The van der Waals surface area contributed by atoms with Gasteiger partial charge >= 0.3 is 12.1 Å². The topological polar surface area (TPSA) is 95.9 Å². The van der Waals surface area contributed by atoms with Crippen LogP contribution in [0.25, 0.3) is 11.1 Å². The van der Waals surface area contributed by atoms with Crippen molar-refractivity contribution >= 4 is 18.0 Å². The molecule has 2 aliphatic heterocycles. The normalized spacial score (nSPS) is 22.9. The summed E-state index contributed by atoms with van der Waals surface area (Å²) in [5.74, 6) is -1.46. The van der Waals surface area contributed by atoms with Crippen LogP contribution in [-0.4, -0.2) is 53.2 Å². The molecule has 0 radical (unpaired) electrons. The Morgan fingerprint density at radius 1 is 1.06 bits per heavy atom. The summed E-state index contributed by atoms with van der Waals surface area (Å²) in [7, 11) is 0. The monoisotopic (exact) mass is 460 g/mol. The summed E-state index contributed by atoms with van der Waals surface area (Å²) >= 11 is 0. The fraction of sp³-hybridized carbons (Fsp3) is 0.370. The lowest BCUT2D eigenvalue weighted by atomic mass is 9.89. The van der Waals surface area contributed by atoms with Gasteiger partial charge in [0.2, 0.25) is 5.91 Å². The molecule has 0 saturated carbocycles. The summed E-state index contributed by atoms with van der Waals surface area (Å²) in [5, 5.41) is 12.1. The van der Waals surface area contributed by atoms with E-state index in [1.807, 2.05) is 24.3 Å². The van der Waals surface area contributed by atoms with Crippen molar-refractivity contribution in [2.24, 2.45) is 5.92 Å². The van der Waals surface area contributed by atoms with Crippen LogP contribution in [0, 0.1) is 5.92 Å². The molecular weight excluding hydrogens is 432 g/mol. The van der Waals surface area contributed by atoms with Crippen molar-refractivity contribution in [3.8, 4) is 11.1 Å². The van der Waals surface area contributed by atoms with Crippen molar-refractivity contribution in [2.75, 3.05) is 13.2 Å². The predicted molar refractivity (Wildman–Crippen MR) is 126 cm³/mol. The highest BCUT2D eigenvalue weighted by atomic mass is 16.5. The molecule has 0 unspecified atom stereocenters. The predicted octanol–water partition coefficient (Wildman–Crippen LogP) is 3.94. The van der Waals surface area contributed by atoms with Gasteiger partial charge in [0, 0.05) is 30.1 Å². The van der Waals surface area contributed by atoms with E-state index in [2.05, 4.69) is 29.6 Å². The van der Waals surface area contributed by atoms with E-state index in [4.69, 9.17) is 4.74 Å². The maximum absolute atomic E-state index is 12.9. The second-order valence-electron chi connectivity index (χ2n) is 9.28. The maximum atomic E-state index is 12.9. The molecule has 2 heterocycles. The Labute approximate surface area is 198 Å². The Bertz CT molecular complexity index is 1130. The van der Waals surface area contributed by atoms with E-state index in [1.165, 1.54) is 11.1 Å². The first kappa shape index (κ1) is 22.2. The van der Waals surface area contributed by atoms with Crippen molar-refractivity contribution in [3.63, 3.8) is 0 Å². The number of amides is 2. The quantitative estimate of drug-likeness (QED) is 0.637. The molecule has 2 saturated heterocycles. The van der Waals surface area contributed by atoms with E-state index in [9.17, 15) is 19.5 Å². The van der Waals surface area contributed by atoms with Gasteiger partial charge in [0.05, 0.1) is 5.92 Å². The molecule has 1 aliphatic carbocycles. The zero-order chi connectivity index (χ0) is 23.8. The fourth-order valence-corrected chi connectivity index (χ4v) is 5.80. The molecule has 5 rings (SSSR count). The van der Waals surface area contributed by atoms with E-state index >= 15 is 0 Å². The summed E-state index contributed by atoms with van der Waals surface area (Å²) in [6.45, 7) is 2.10. The molecule has 2 aromatic carbocycles. The Morgan fingerprint density at radius 3 is 2.32 bits per heavy atom. The van der Waals surface area contributed by atoms with E-state index < -0.39 is 18.0 Å². The number of nitrogens with zero attached hydrogens (tertiary/aromatic N) is 1. The molecule has 3 aliphatic rings. The van der Waals surface area contributed by atoms with Gasteiger partial charge in [-0.25, -0.2) is 4.79 Å². The van der Waals surface area contributed by atoms with Crippen LogP contribution in [0.5, 0.6) is 0 Å². The molecule has 0 spiro atoms. The van der Waals surface area contributed by atoms with Gasteiger partial charge in [-0.15, -0.1) is 0 Å². The van der Waals surface area contributed by atoms with E-state index in [-0.39, 0.29) is 37.1 Å². The van der Waals surface area contributed by atoms with Crippen molar-refractivity contribution in [1.82, 2.24) is 10.2 Å². The van der Waals surface area contributed by atoms with Crippen molar-refractivity contribution in [1.29, 1.82) is 0 Å². The number of ether oxygens (including phenoxy) is 1. The second kappa shape index (κ2) is 8.97. The summed E-state index contributed by atoms with van der Waals surface area (Å²) in [6.07, 6.45) is 3.24. The standard InChI is InChI=1S/C27H28N2O5/c1-16(25(30)29-17-10-11-24(29)22(14-17)26(31)32)12-13-28-27(33)34-15-23-20-8-4-2-6-18(20)19-7-3-5-9-21(19)23/h2-9,12,17,22-24H,10-11,13-15H2,1H3,(H,28,33)(H,31,32)/b16-12+/t17-,22+,24+/m1/s1. The molecule has 2 fully saturated rings. The van der Waals surface area contributed by atoms with Crippen LogP contribution in [0.4, 0.5) is 4.79 Å². The lowest BCUT2D eigenvalue weighted by Crippen LogP contribution is -2.38. The fourth-order valence-electron chi connectivity index (χ4n) is 5.80. The minimum Gasteiger partial charge on any atom is -0.481 e. The molecule has 176 valence electrons. The van der Waals surface area contributed by atoms with Gasteiger partial charge in [-0.05, 0) is 48.4 Å². The number of carboxylic acid groups (broad SMARTS) is 1. The van der Waals surface area contributed by atoms with E-state index in [0.717, 1.165) is 24.0 Å². The van der Waals surface area contributed by atoms with Gasteiger partial charge < -0.3 is 20.1 Å². The molecule has 2 N–H and O–H groups in total. The van der Waals surface area contributed by atoms with Crippen LogP contribution < -0.4 is 5.32 Å². The lowest BCUT2D eigenvalue weighted by molar-refractivity contribution is -0.143. The third-order valence-electron chi connectivity index (χ3n) is 7.42. The average Bonchev–Trinajstić information content (AvgIpc) is 3.52. The molecule has 7 heteroatoms. The van der Waals surface area contributed by atoms with Gasteiger partial charge in [-0.2, -0.15) is 0 Å². The Balaban J connectivity index is 1.15. The number of benzene rings is 2. The Kier molecular flexibility index (Phi) is 5.86. The van der Waals surface area contributed by atoms with Crippen LogP contribution in [0.3, 0.4) is 0 Å². The molecular formula is C27H28N2O5.